The number of hydrogen-bond donors (Lipinski definition) is 2. The van der Waals surface area contributed by atoms with Gasteiger partial charge in [0.25, 0.3) is 17.0 Å². The number of rotatable bonds is 3. The molecule has 1 aliphatic heterocycles. The van der Waals surface area contributed by atoms with Crippen LogP contribution in [0.25, 0.3) is 10.8 Å². The van der Waals surface area contributed by atoms with Gasteiger partial charge in [-0.1, -0.05) is 18.2 Å². The number of aromatic nitrogens is 3. The Kier molecular flexibility index (Phi) is 4.46. The second-order valence-corrected chi connectivity index (χ2v) is 7.22. The lowest BCUT2D eigenvalue weighted by atomic mass is 10.1. The molecule has 3 heterocycles. The van der Waals surface area contributed by atoms with Gasteiger partial charge in [0.05, 0.1) is 5.69 Å². The predicted molar refractivity (Wildman–Crippen MR) is 107 cm³/mol. The Labute approximate surface area is 160 Å². The number of fused-ring (bicyclic) bond motifs is 1. The van der Waals surface area contributed by atoms with Crippen molar-refractivity contribution in [1.29, 1.82) is 0 Å². The monoisotopic (exact) mass is 379 g/mol. The van der Waals surface area contributed by atoms with Crippen LogP contribution in [0.3, 0.4) is 0 Å². The molecule has 1 atom stereocenters. The van der Waals surface area contributed by atoms with Gasteiger partial charge in [0.2, 0.25) is 5.95 Å². The van der Waals surface area contributed by atoms with Crippen molar-refractivity contribution in [2.24, 2.45) is 0 Å². The Morgan fingerprint density at radius 3 is 2.75 bits per heavy atom. The number of nitrogens with one attached hydrogen (secondary N) is 2. The number of amides is 1. The average molecular weight is 379 g/mol. The maximum atomic E-state index is 12.9. The highest BCUT2D eigenvalue weighted by atomic mass is 16.2. The first kappa shape index (κ1) is 18.0. The number of nitrogens with zero attached hydrogens (tertiary/aromatic N) is 3. The van der Waals surface area contributed by atoms with E-state index in [0.717, 1.165) is 5.39 Å². The van der Waals surface area contributed by atoms with Gasteiger partial charge in [-0.2, -0.15) is 0 Å². The molecular weight excluding hydrogens is 358 g/mol. The van der Waals surface area contributed by atoms with E-state index < -0.39 is 0 Å². The molecular formula is C20H21N5O3. The van der Waals surface area contributed by atoms with E-state index in [2.05, 4.69) is 15.0 Å². The van der Waals surface area contributed by atoms with E-state index in [0.29, 0.717) is 36.5 Å². The molecule has 4 rings (SSSR count). The van der Waals surface area contributed by atoms with Gasteiger partial charge in [-0.25, -0.2) is 4.98 Å². The number of carbonyl (C=O) groups is 1. The van der Waals surface area contributed by atoms with Gasteiger partial charge >= 0.3 is 0 Å². The van der Waals surface area contributed by atoms with Crippen molar-refractivity contribution in [2.75, 3.05) is 32.1 Å². The molecule has 3 aromatic rings. The van der Waals surface area contributed by atoms with Crippen LogP contribution in [0.5, 0.6) is 0 Å². The highest BCUT2D eigenvalue weighted by Crippen LogP contribution is 2.27. The zero-order chi connectivity index (χ0) is 19.8. The summed E-state index contributed by atoms with van der Waals surface area (Å²) in [5.74, 6) is 0.256. The first-order valence-corrected chi connectivity index (χ1v) is 9.12. The van der Waals surface area contributed by atoms with E-state index in [1.54, 1.807) is 28.0 Å². The summed E-state index contributed by atoms with van der Waals surface area (Å²) in [4.78, 5) is 50.4. The first-order chi connectivity index (χ1) is 13.4. The van der Waals surface area contributed by atoms with Crippen molar-refractivity contribution >= 4 is 22.6 Å². The molecule has 1 unspecified atom stereocenters. The largest absolute Gasteiger partial charge is 0.348 e. The SMILES string of the molecule is CN(C)c1nc(C2CCN(C(=O)c3cc4ccccc4c(=O)[nH]3)C2)cc(=O)[nH]1. The van der Waals surface area contributed by atoms with E-state index >= 15 is 0 Å². The molecule has 1 amide bonds. The third-order valence-electron chi connectivity index (χ3n) is 5.05. The molecule has 2 N–H and O–H groups in total. The Morgan fingerprint density at radius 2 is 1.96 bits per heavy atom. The van der Waals surface area contributed by atoms with Gasteiger partial charge in [0.15, 0.2) is 0 Å². The van der Waals surface area contributed by atoms with Crippen LogP contribution in [-0.2, 0) is 0 Å². The number of benzene rings is 1. The molecule has 8 nitrogen and oxygen atoms in total. The second-order valence-electron chi connectivity index (χ2n) is 7.22. The van der Waals surface area contributed by atoms with Crippen LogP contribution in [0.2, 0.25) is 0 Å². The molecule has 28 heavy (non-hydrogen) atoms. The summed E-state index contributed by atoms with van der Waals surface area (Å²) < 4.78 is 0. The minimum Gasteiger partial charge on any atom is -0.348 e. The lowest BCUT2D eigenvalue weighted by Gasteiger charge is -2.17. The van der Waals surface area contributed by atoms with Gasteiger partial charge in [-0.3, -0.25) is 19.4 Å². The van der Waals surface area contributed by atoms with Crippen LogP contribution in [0, 0.1) is 0 Å². The van der Waals surface area contributed by atoms with E-state index in [1.807, 2.05) is 26.2 Å². The standard InChI is InChI=1S/C20H21N5O3/c1-24(2)20-22-15(10-17(26)23-20)13-7-8-25(11-13)19(28)16-9-12-5-3-4-6-14(12)18(27)21-16/h3-6,9-10,13H,7-8,11H2,1-2H3,(H,21,27)(H,22,23,26). The van der Waals surface area contributed by atoms with Crippen LogP contribution in [0.1, 0.15) is 28.5 Å². The molecule has 1 fully saturated rings. The van der Waals surface area contributed by atoms with Crippen molar-refractivity contribution in [3.8, 4) is 0 Å². The molecule has 0 radical (unpaired) electrons. The Morgan fingerprint density at radius 1 is 1.18 bits per heavy atom. The normalized spacial score (nSPS) is 16.5. The number of carbonyl (C=O) groups excluding carboxylic acids is 1. The van der Waals surface area contributed by atoms with Crippen LogP contribution < -0.4 is 16.0 Å². The Balaban J connectivity index is 1.59. The zero-order valence-electron chi connectivity index (χ0n) is 15.7. The topological polar surface area (TPSA) is 102 Å². The highest BCUT2D eigenvalue weighted by molar-refractivity contribution is 5.96. The summed E-state index contributed by atoms with van der Waals surface area (Å²) in [6.07, 6.45) is 0.715. The number of aromatic amines is 2. The molecule has 0 saturated carbocycles. The van der Waals surface area contributed by atoms with E-state index in [-0.39, 0.29) is 28.6 Å². The molecule has 1 aromatic carbocycles. The van der Waals surface area contributed by atoms with Crippen LogP contribution in [0.4, 0.5) is 5.95 Å². The summed E-state index contributed by atoms with van der Waals surface area (Å²) in [7, 11) is 3.62. The van der Waals surface area contributed by atoms with Crippen molar-refractivity contribution < 1.29 is 4.79 Å². The molecule has 2 aromatic heterocycles. The molecule has 1 saturated heterocycles. The fraction of sp³-hybridized carbons (Fsp3) is 0.300. The maximum Gasteiger partial charge on any atom is 0.270 e. The van der Waals surface area contributed by atoms with Gasteiger partial charge in [-0.15, -0.1) is 0 Å². The highest BCUT2D eigenvalue weighted by Gasteiger charge is 2.30. The van der Waals surface area contributed by atoms with Gasteiger partial charge < -0.3 is 14.8 Å². The number of anilines is 1. The Bertz CT molecular complexity index is 1160. The number of likely N-dealkylation sites (tertiary alicyclic amines) is 1. The zero-order valence-corrected chi connectivity index (χ0v) is 15.7. The maximum absolute atomic E-state index is 12.9. The summed E-state index contributed by atoms with van der Waals surface area (Å²) in [5, 5.41) is 1.29. The van der Waals surface area contributed by atoms with E-state index in [4.69, 9.17) is 0 Å². The van der Waals surface area contributed by atoms with Crippen molar-refractivity contribution in [3.63, 3.8) is 0 Å². The lowest BCUT2D eigenvalue weighted by molar-refractivity contribution is 0.0785. The minimum absolute atomic E-state index is 0.0165. The van der Waals surface area contributed by atoms with Crippen LogP contribution >= 0.6 is 0 Å². The molecule has 0 aliphatic carbocycles. The lowest BCUT2D eigenvalue weighted by Crippen LogP contribution is -2.31. The fourth-order valence-electron chi connectivity index (χ4n) is 3.57. The number of pyridine rings is 1. The number of H-pyrrole nitrogens is 2. The number of hydrogen-bond acceptors (Lipinski definition) is 5. The van der Waals surface area contributed by atoms with Crippen LogP contribution in [-0.4, -0.2) is 52.9 Å². The summed E-state index contributed by atoms with van der Waals surface area (Å²) in [6.45, 7) is 1.00. The predicted octanol–water partition coefficient (Wildman–Crippen LogP) is 1.31. The third kappa shape index (κ3) is 3.28. The molecule has 0 bridgehead atoms. The van der Waals surface area contributed by atoms with E-state index in [1.165, 1.54) is 6.07 Å². The molecule has 144 valence electrons. The molecule has 0 spiro atoms. The second kappa shape index (κ2) is 6.95. The van der Waals surface area contributed by atoms with Crippen molar-refractivity contribution in [3.05, 3.63) is 68.5 Å². The van der Waals surface area contributed by atoms with Crippen molar-refractivity contribution in [2.45, 2.75) is 12.3 Å². The van der Waals surface area contributed by atoms with Gasteiger partial charge in [-0.05, 0) is 23.9 Å². The molecule has 8 heteroatoms. The Hall–Kier alpha value is -3.42. The summed E-state index contributed by atoms with van der Waals surface area (Å²) >= 11 is 0. The molecule has 1 aliphatic rings. The first-order valence-electron chi connectivity index (χ1n) is 9.12. The van der Waals surface area contributed by atoms with E-state index in [9.17, 15) is 14.4 Å². The van der Waals surface area contributed by atoms with Gasteiger partial charge in [0, 0.05) is 44.6 Å². The quantitative estimate of drug-likeness (QED) is 0.714. The van der Waals surface area contributed by atoms with Crippen molar-refractivity contribution in [1.82, 2.24) is 19.9 Å². The summed E-state index contributed by atoms with van der Waals surface area (Å²) in [6, 6.07) is 10.4. The summed E-state index contributed by atoms with van der Waals surface area (Å²) in [5.41, 5.74) is 0.466. The van der Waals surface area contributed by atoms with Crippen LogP contribution in [0.15, 0.2) is 46.0 Å². The smallest absolute Gasteiger partial charge is 0.270 e. The fourth-order valence-corrected chi connectivity index (χ4v) is 3.57. The average Bonchev–Trinajstić information content (AvgIpc) is 3.17. The van der Waals surface area contributed by atoms with Gasteiger partial charge in [0.1, 0.15) is 5.69 Å². The third-order valence-corrected chi connectivity index (χ3v) is 5.05. The minimum atomic E-state index is -0.274.